The predicted octanol–water partition coefficient (Wildman–Crippen LogP) is 1.95. The molecule has 0 fully saturated rings. The van der Waals surface area contributed by atoms with Crippen LogP contribution in [0.4, 0.5) is 0 Å². The minimum Gasteiger partial charge on any atom is -0.392 e. The number of hydrogen-bond acceptors (Lipinski definition) is 2. The third-order valence-electron chi connectivity index (χ3n) is 1.03. The Kier molecular flexibility index (Phi) is 6.34. The summed E-state index contributed by atoms with van der Waals surface area (Å²) >= 11 is 4.64. The first-order chi connectivity index (χ1) is 5.66. The highest BCUT2D eigenvalue weighted by atomic mass is 35.5. The van der Waals surface area contributed by atoms with Crippen LogP contribution in [0, 0.1) is 0 Å². The third-order valence-corrected chi connectivity index (χ3v) is 1.03. The van der Waals surface area contributed by atoms with E-state index < -0.39 is 0 Å². The van der Waals surface area contributed by atoms with E-state index in [2.05, 4.69) is 11.6 Å². The second-order valence-electron chi connectivity index (χ2n) is 2.11. The second-order valence-corrected chi connectivity index (χ2v) is 2.65. The highest BCUT2D eigenvalue weighted by Crippen LogP contribution is 1.95. The van der Waals surface area contributed by atoms with Crippen molar-refractivity contribution >= 4 is 16.8 Å². The van der Waals surface area contributed by atoms with E-state index in [1.165, 1.54) is 6.92 Å². The van der Waals surface area contributed by atoms with E-state index in [1.807, 2.05) is 30.3 Å². The molecule has 0 aliphatic carbocycles. The van der Waals surface area contributed by atoms with Crippen molar-refractivity contribution in [3.63, 3.8) is 0 Å². The van der Waals surface area contributed by atoms with Crippen molar-refractivity contribution in [3.05, 3.63) is 35.9 Å². The summed E-state index contributed by atoms with van der Waals surface area (Å²) in [5.41, 5.74) is 0.965. The molecule has 0 aliphatic heterocycles. The van der Waals surface area contributed by atoms with Crippen LogP contribution in [0.15, 0.2) is 30.3 Å². The molecule has 12 heavy (non-hydrogen) atoms. The van der Waals surface area contributed by atoms with Crippen molar-refractivity contribution < 1.29 is 9.90 Å². The number of carbonyl (C=O) groups is 1. The number of hydrogen-bond donors (Lipinski definition) is 1. The standard InChI is InChI=1S/C7H8O.C2H3ClO/c8-6-7-4-2-1-3-5-7;1-2(3)4/h1-5,8H,6H2;1H3. The number of rotatable bonds is 1. The van der Waals surface area contributed by atoms with Gasteiger partial charge in [-0.05, 0) is 17.2 Å². The monoisotopic (exact) mass is 186 g/mol. The Hall–Kier alpha value is -0.860. The Morgan fingerprint density at radius 1 is 1.42 bits per heavy atom. The zero-order valence-corrected chi connectivity index (χ0v) is 7.58. The maximum atomic E-state index is 9.21. The van der Waals surface area contributed by atoms with Gasteiger partial charge in [-0.2, -0.15) is 0 Å². The van der Waals surface area contributed by atoms with Crippen LogP contribution in [0.25, 0.3) is 0 Å². The Balaban J connectivity index is 0.000000261. The van der Waals surface area contributed by atoms with Gasteiger partial charge in [0, 0.05) is 6.92 Å². The van der Waals surface area contributed by atoms with Crippen molar-refractivity contribution in [2.24, 2.45) is 0 Å². The lowest BCUT2D eigenvalue weighted by atomic mass is 10.2. The molecule has 1 aromatic rings. The van der Waals surface area contributed by atoms with Crippen LogP contribution in [0.5, 0.6) is 0 Å². The van der Waals surface area contributed by atoms with Gasteiger partial charge in [0.25, 0.3) is 0 Å². The molecule has 0 saturated heterocycles. The van der Waals surface area contributed by atoms with E-state index in [0.29, 0.717) is 0 Å². The molecule has 1 N–H and O–H groups in total. The van der Waals surface area contributed by atoms with Crippen LogP contribution in [0.1, 0.15) is 12.5 Å². The van der Waals surface area contributed by atoms with Crippen LogP contribution in [-0.4, -0.2) is 10.3 Å². The molecule has 0 aromatic heterocycles. The van der Waals surface area contributed by atoms with E-state index in [4.69, 9.17) is 5.11 Å². The lowest BCUT2D eigenvalue weighted by Crippen LogP contribution is -1.77. The number of carbonyl (C=O) groups excluding carboxylic acids is 1. The first-order valence-electron chi connectivity index (χ1n) is 3.47. The van der Waals surface area contributed by atoms with Crippen molar-refractivity contribution in [2.45, 2.75) is 13.5 Å². The van der Waals surface area contributed by atoms with Crippen LogP contribution in [0.2, 0.25) is 0 Å². The van der Waals surface area contributed by atoms with Crippen molar-refractivity contribution in [2.75, 3.05) is 0 Å². The fraction of sp³-hybridized carbons (Fsp3) is 0.222. The molecule has 2 nitrogen and oxygen atoms in total. The molecule has 3 heteroatoms. The zero-order valence-electron chi connectivity index (χ0n) is 6.83. The molecule has 0 unspecified atom stereocenters. The first kappa shape index (κ1) is 11.1. The van der Waals surface area contributed by atoms with E-state index in [0.717, 1.165) is 5.56 Å². The fourth-order valence-electron chi connectivity index (χ4n) is 0.583. The van der Waals surface area contributed by atoms with Gasteiger partial charge in [0.15, 0.2) is 0 Å². The number of benzene rings is 1. The highest BCUT2D eigenvalue weighted by molar-refractivity contribution is 6.62. The molecule has 0 spiro atoms. The number of aliphatic hydroxyl groups is 1. The summed E-state index contributed by atoms with van der Waals surface area (Å²) in [5, 5.41) is 8.18. The Morgan fingerprint density at radius 2 is 1.83 bits per heavy atom. The first-order valence-corrected chi connectivity index (χ1v) is 3.85. The van der Waals surface area contributed by atoms with E-state index in [-0.39, 0.29) is 11.8 Å². The third kappa shape index (κ3) is 7.25. The minimum absolute atomic E-state index is 0.140. The van der Waals surface area contributed by atoms with Crippen molar-refractivity contribution in [1.29, 1.82) is 0 Å². The smallest absolute Gasteiger partial charge is 0.218 e. The molecule has 1 aromatic carbocycles. The van der Waals surface area contributed by atoms with Crippen LogP contribution < -0.4 is 0 Å². The quantitative estimate of drug-likeness (QED) is 0.681. The summed E-state index contributed by atoms with van der Waals surface area (Å²) in [4.78, 5) is 9.21. The van der Waals surface area contributed by atoms with Gasteiger partial charge in [-0.3, -0.25) is 4.79 Å². The van der Waals surface area contributed by atoms with Gasteiger partial charge in [0.2, 0.25) is 5.24 Å². The predicted molar refractivity (Wildman–Crippen MR) is 48.9 cm³/mol. The molecule has 0 bridgehead atoms. The lowest BCUT2D eigenvalue weighted by molar-refractivity contribution is -0.109. The van der Waals surface area contributed by atoms with Crippen molar-refractivity contribution in [3.8, 4) is 0 Å². The molecule has 66 valence electrons. The van der Waals surface area contributed by atoms with E-state index in [9.17, 15) is 4.79 Å². The zero-order chi connectivity index (χ0) is 9.40. The molecule has 0 atom stereocenters. The van der Waals surface area contributed by atoms with E-state index >= 15 is 0 Å². The van der Waals surface area contributed by atoms with Gasteiger partial charge in [-0.1, -0.05) is 30.3 Å². The molecule has 0 heterocycles. The molecule has 0 radical (unpaired) electrons. The Bertz CT molecular complexity index is 217. The van der Waals surface area contributed by atoms with Crippen LogP contribution in [-0.2, 0) is 11.4 Å². The minimum atomic E-state index is -0.361. The van der Waals surface area contributed by atoms with Gasteiger partial charge < -0.3 is 5.11 Å². The summed E-state index contributed by atoms with van der Waals surface area (Å²) < 4.78 is 0. The molecule has 0 saturated carbocycles. The topological polar surface area (TPSA) is 37.3 Å². The Morgan fingerprint density at radius 3 is 2.08 bits per heavy atom. The van der Waals surface area contributed by atoms with Crippen LogP contribution >= 0.6 is 11.6 Å². The average molecular weight is 187 g/mol. The summed E-state index contributed by atoms with van der Waals surface area (Å²) in [5.74, 6) is 0. The Labute approximate surface area is 76.8 Å². The summed E-state index contributed by atoms with van der Waals surface area (Å²) in [7, 11) is 0. The molecular weight excluding hydrogens is 176 g/mol. The average Bonchev–Trinajstić information content (AvgIpc) is 2.05. The van der Waals surface area contributed by atoms with Gasteiger partial charge in [-0.15, -0.1) is 0 Å². The lowest BCUT2D eigenvalue weighted by Gasteiger charge is -1.89. The van der Waals surface area contributed by atoms with Crippen molar-refractivity contribution in [1.82, 2.24) is 0 Å². The van der Waals surface area contributed by atoms with Gasteiger partial charge in [0.1, 0.15) is 0 Å². The molecule has 0 aliphatic rings. The van der Waals surface area contributed by atoms with Gasteiger partial charge >= 0.3 is 0 Å². The maximum Gasteiger partial charge on any atom is 0.218 e. The molecular formula is C9H11ClO2. The van der Waals surface area contributed by atoms with E-state index in [1.54, 1.807) is 0 Å². The van der Waals surface area contributed by atoms with Gasteiger partial charge in [0.05, 0.1) is 6.61 Å². The fourth-order valence-corrected chi connectivity index (χ4v) is 0.583. The van der Waals surface area contributed by atoms with Gasteiger partial charge in [-0.25, -0.2) is 0 Å². The highest BCUT2D eigenvalue weighted by Gasteiger charge is 1.81. The SMILES string of the molecule is CC(=O)Cl.OCc1ccccc1. The second kappa shape index (κ2) is 6.83. The molecule has 0 amide bonds. The maximum absolute atomic E-state index is 9.21. The summed E-state index contributed by atoms with van der Waals surface area (Å²) in [6.07, 6.45) is 0. The summed E-state index contributed by atoms with van der Waals surface area (Å²) in [6.45, 7) is 1.43. The molecule has 1 rings (SSSR count). The number of aliphatic hydroxyl groups excluding tert-OH is 1. The summed E-state index contributed by atoms with van der Waals surface area (Å²) in [6, 6.07) is 9.52. The van der Waals surface area contributed by atoms with Crippen LogP contribution in [0.3, 0.4) is 0 Å². The normalized spacial score (nSPS) is 8.25. The largest absolute Gasteiger partial charge is 0.392 e. The number of halogens is 1.